The Morgan fingerprint density at radius 2 is 2.00 bits per heavy atom. The van der Waals surface area contributed by atoms with Gasteiger partial charge < -0.3 is 10.6 Å². The average Bonchev–Trinajstić information content (AvgIpc) is 2.28. The molecular weight excluding hydrogens is 224 g/mol. The van der Waals surface area contributed by atoms with Gasteiger partial charge >= 0.3 is 0 Å². The third-order valence-electron chi connectivity index (χ3n) is 2.68. The van der Waals surface area contributed by atoms with Crippen LogP contribution in [0.3, 0.4) is 0 Å². The quantitative estimate of drug-likeness (QED) is 0.877. The van der Waals surface area contributed by atoms with Gasteiger partial charge in [0.1, 0.15) is 0 Å². The fourth-order valence-corrected chi connectivity index (χ4v) is 1.61. The van der Waals surface area contributed by atoms with E-state index in [4.69, 9.17) is 17.3 Å². The lowest BCUT2D eigenvalue weighted by molar-refractivity contribution is -0.131. The summed E-state index contributed by atoms with van der Waals surface area (Å²) in [5.41, 5.74) is 6.43. The highest BCUT2D eigenvalue weighted by Crippen LogP contribution is 2.21. The van der Waals surface area contributed by atoms with Crippen LogP contribution < -0.4 is 5.73 Å². The fourth-order valence-electron chi connectivity index (χ4n) is 1.48. The summed E-state index contributed by atoms with van der Waals surface area (Å²) in [6.07, 6.45) is 0.383. The predicted molar refractivity (Wildman–Crippen MR) is 66.3 cm³/mol. The number of hydrogen-bond acceptors (Lipinski definition) is 2. The molecule has 0 saturated carbocycles. The molecule has 0 spiro atoms. The van der Waals surface area contributed by atoms with Crippen LogP contribution in [-0.2, 0) is 4.79 Å². The maximum atomic E-state index is 11.6. The Morgan fingerprint density at radius 3 is 2.50 bits per heavy atom. The molecule has 88 valence electrons. The van der Waals surface area contributed by atoms with E-state index in [0.29, 0.717) is 18.0 Å². The molecule has 1 aromatic rings. The zero-order chi connectivity index (χ0) is 12.1. The number of halogens is 1. The fraction of sp³-hybridized carbons (Fsp3) is 0.417. The molecule has 16 heavy (non-hydrogen) atoms. The Hall–Kier alpha value is -1.06. The van der Waals surface area contributed by atoms with E-state index in [1.54, 1.807) is 11.9 Å². The Morgan fingerprint density at radius 1 is 1.44 bits per heavy atom. The van der Waals surface area contributed by atoms with Crippen LogP contribution in [0.5, 0.6) is 0 Å². The molecule has 4 heteroatoms. The van der Waals surface area contributed by atoms with Crippen molar-refractivity contribution in [3.05, 3.63) is 34.9 Å². The van der Waals surface area contributed by atoms with Gasteiger partial charge in [0.25, 0.3) is 0 Å². The van der Waals surface area contributed by atoms with E-state index < -0.39 is 0 Å². The number of amides is 1. The van der Waals surface area contributed by atoms with Crippen LogP contribution >= 0.6 is 11.6 Å². The van der Waals surface area contributed by atoms with Crippen LogP contribution in [-0.4, -0.2) is 24.4 Å². The number of carbonyl (C=O) groups is 1. The van der Waals surface area contributed by atoms with Crippen molar-refractivity contribution in [1.29, 1.82) is 0 Å². The first kappa shape index (κ1) is 13.0. The number of hydrogen-bond donors (Lipinski definition) is 1. The lowest BCUT2D eigenvalue weighted by atomic mass is 10.1. The van der Waals surface area contributed by atoms with Crippen molar-refractivity contribution in [2.45, 2.75) is 19.4 Å². The molecule has 1 rings (SSSR count). The molecule has 0 heterocycles. The predicted octanol–water partition coefficient (Wildman–Crippen LogP) is 2.21. The highest BCUT2D eigenvalue weighted by atomic mass is 35.5. The molecule has 2 N–H and O–H groups in total. The second kappa shape index (κ2) is 5.87. The first-order valence-electron chi connectivity index (χ1n) is 5.27. The summed E-state index contributed by atoms with van der Waals surface area (Å²) in [6.45, 7) is 2.37. The smallest absolute Gasteiger partial charge is 0.224 e. The van der Waals surface area contributed by atoms with Crippen molar-refractivity contribution >= 4 is 17.5 Å². The van der Waals surface area contributed by atoms with Crippen molar-refractivity contribution in [3.8, 4) is 0 Å². The van der Waals surface area contributed by atoms with E-state index in [2.05, 4.69) is 0 Å². The summed E-state index contributed by atoms with van der Waals surface area (Å²) in [5.74, 6) is 0.0601. The summed E-state index contributed by atoms with van der Waals surface area (Å²) in [5, 5.41) is 0.701. The van der Waals surface area contributed by atoms with Crippen LogP contribution in [0.25, 0.3) is 0 Å². The van der Waals surface area contributed by atoms with Crippen molar-refractivity contribution in [2.75, 3.05) is 13.6 Å². The standard InChI is InChI=1S/C12H17ClN2O/c1-9(15(2)12(16)7-8-14)10-3-5-11(13)6-4-10/h3-6,9H,7-8,14H2,1-2H3. The molecule has 1 unspecified atom stereocenters. The van der Waals surface area contributed by atoms with Crippen LogP contribution in [0, 0.1) is 0 Å². The zero-order valence-corrected chi connectivity index (χ0v) is 10.4. The molecule has 0 bridgehead atoms. The van der Waals surface area contributed by atoms with Gasteiger partial charge in [-0.3, -0.25) is 4.79 Å². The Bertz CT molecular complexity index is 351. The molecule has 1 aromatic carbocycles. The monoisotopic (exact) mass is 240 g/mol. The Balaban J connectivity index is 2.73. The van der Waals surface area contributed by atoms with Gasteiger partial charge in [0, 0.05) is 25.0 Å². The minimum atomic E-state index is 0.0383. The summed E-state index contributed by atoms with van der Waals surface area (Å²) < 4.78 is 0. The van der Waals surface area contributed by atoms with Gasteiger partial charge in [-0.1, -0.05) is 23.7 Å². The lowest BCUT2D eigenvalue weighted by Gasteiger charge is -2.25. The number of benzene rings is 1. The molecule has 0 aromatic heterocycles. The summed E-state index contributed by atoms with van der Waals surface area (Å²) >= 11 is 5.81. The van der Waals surface area contributed by atoms with Crippen LogP contribution in [0.4, 0.5) is 0 Å². The second-order valence-electron chi connectivity index (χ2n) is 3.77. The van der Waals surface area contributed by atoms with Gasteiger partial charge in [0.2, 0.25) is 5.91 Å². The lowest BCUT2D eigenvalue weighted by Crippen LogP contribution is -2.30. The van der Waals surface area contributed by atoms with Gasteiger partial charge in [-0.25, -0.2) is 0 Å². The van der Waals surface area contributed by atoms with Crippen LogP contribution in [0.15, 0.2) is 24.3 Å². The van der Waals surface area contributed by atoms with E-state index in [1.807, 2.05) is 31.2 Å². The zero-order valence-electron chi connectivity index (χ0n) is 9.61. The molecular formula is C12H17ClN2O. The molecule has 0 fully saturated rings. The maximum absolute atomic E-state index is 11.6. The third kappa shape index (κ3) is 3.22. The molecule has 0 radical (unpaired) electrons. The van der Waals surface area contributed by atoms with Gasteiger partial charge in [-0.15, -0.1) is 0 Å². The molecule has 3 nitrogen and oxygen atoms in total. The van der Waals surface area contributed by atoms with E-state index in [-0.39, 0.29) is 11.9 Å². The van der Waals surface area contributed by atoms with Crippen LogP contribution in [0.2, 0.25) is 5.02 Å². The third-order valence-corrected chi connectivity index (χ3v) is 2.94. The first-order valence-corrected chi connectivity index (χ1v) is 5.65. The Labute approximate surface area is 101 Å². The molecule has 0 saturated heterocycles. The molecule has 0 aliphatic carbocycles. The minimum Gasteiger partial charge on any atom is -0.339 e. The van der Waals surface area contributed by atoms with Gasteiger partial charge in [0.15, 0.2) is 0 Å². The molecule has 1 atom stereocenters. The normalized spacial score (nSPS) is 12.2. The van der Waals surface area contributed by atoms with Gasteiger partial charge in [-0.2, -0.15) is 0 Å². The highest BCUT2D eigenvalue weighted by Gasteiger charge is 2.16. The van der Waals surface area contributed by atoms with E-state index >= 15 is 0 Å². The summed E-state index contributed by atoms with van der Waals surface area (Å²) in [4.78, 5) is 13.3. The van der Waals surface area contributed by atoms with Crippen molar-refractivity contribution in [3.63, 3.8) is 0 Å². The van der Waals surface area contributed by atoms with Crippen LogP contribution in [0.1, 0.15) is 24.9 Å². The minimum absolute atomic E-state index is 0.0383. The van der Waals surface area contributed by atoms with E-state index in [0.717, 1.165) is 5.56 Å². The molecule has 0 aliphatic heterocycles. The largest absolute Gasteiger partial charge is 0.339 e. The van der Waals surface area contributed by atoms with Crippen molar-refractivity contribution in [2.24, 2.45) is 5.73 Å². The van der Waals surface area contributed by atoms with Crippen molar-refractivity contribution < 1.29 is 4.79 Å². The van der Waals surface area contributed by atoms with E-state index in [1.165, 1.54) is 0 Å². The summed E-state index contributed by atoms with van der Waals surface area (Å²) in [6, 6.07) is 7.55. The van der Waals surface area contributed by atoms with Crippen molar-refractivity contribution in [1.82, 2.24) is 4.90 Å². The van der Waals surface area contributed by atoms with Gasteiger partial charge in [-0.05, 0) is 24.6 Å². The average molecular weight is 241 g/mol. The number of nitrogens with two attached hydrogens (primary N) is 1. The highest BCUT2D eigenvalue weighted by molar-refractivity contribution is 6.30. The Kier molecular flexibility index (Phi) is 4.77. The SMILES string of the molecule is CC(c1ccc(Cl)cc1)N(C)C(=O)CCN. The van der Waals surface area contributed by atoms with E-state index in [9.17, 15) is 4.79 Å². The first-order chi connectivity index (χ1) is 7.56. The molecule has 0 aliphatic rings. The topological polar surface area (TPSA) is 46.3 Å². The van der Waals surface area contributed by atoms with Gasteiger partial charge in [0.05, 0.1) is 6.04 Å². The number of rotatable bonds is 4. The number of carbonyl (C=O) groups excluding carboxylic acids is 1. The second-order valence-corrected chi connectivity index (χ2v) is 4.21. The summed E-state index contributed by atoms with van der Waals surface area (Å²) in [7, 11) is 1.79. The number of nitrogens with zero attached hydrogens (tertiary/aromatic N) is 1. The maximum Gasteiger partial charge on any atom is 0.224 e. The molecule has 1 amide bonds.